The number of carbonyl (C=O) groups is 1. The molecule has 0 atom stereocenters. The molecule has 1 aromatic rings. The third-order valence-corrected chi connectivity index (χ3v) is 5.44. The smallest absolute Gasteiger partial charge is 0.498 e. The van der Waals surface area contributed by atoms with Gasteiger partial charge in [-0.2, -0.15) is 0 Å². The number of carbonyl (C=O) groups excluding carboxylic acids is 1. The van der Waals surface area contributed by atoms with Gasteiger partial charge in [-0.15, -0.1) is 0 Å². The van der Waals surface area contributed by atoms with Crippen LogP contribution in [0.15, 0.2) is 47.3 Å². The summed E-state index contributed by atoms with van der Waals surface area (Å²) >= 11 is 0. The van der Waals surface area contributed by atoms with Gasteiger partial charge in [0, 0.05) is 17.5 Å². The summed E-state index contributed by atoms with van der Waals surface area (Å²) in [6.07, 6.45) is 2.45. The van der Waals surface area contributed by atoms with Gasteiger partial charge in [0.25, 0.3) is 0 Å². The van der Waals surface area contributed by atoms with Crippen molar-refractivity contribution in [1.29, 1.82) is 0 Å². The molecule has 0 spiro atoms. The first-order valence-electron chi connectivity index (χ1n) is 10.4. The number of aliphatic hydroxyl groups excluding tert-OH is 1. The topological polar surface area (TPSA) is 74.2 Å². The molecule has 6 nitrogen and oxygen atoms in total. The average Bonchev–Trinajstić information content (AvgIpc) is 2.86. The van der Waals surface area contributed by atoms with Crippen LogP contribution in [0.4, 0.5) is 0 Å². The van der Waals surface area contributed by atoms with Gasteiger partial charge in [0.2, 0.25) is 0 Å². The van der Waals surface area contributed by atoms with E-state index in [0.29, 0.717) is 30.0 Å². The lowest BCUT2D eigenvalue weighted by molar-refractivity contribution is -0.142. The molecule has 0 unspecified atom stereocenters. The minimum Gasteiger partial charge on any atom is -0.513 e. The number of allylic oxidation sites excluding steroid dienone is 4. The van der Waals surface area contributed by atoms with Gasteiger partial charge < -0.3 is 23.9 Å². The van der Waals surface area contributed by atoms with Crippen LogP contribution >= 0.6 is 0 Å². The largest absolute Gasteiger partial charge is 0.513 e. The second-order valence-corrected chi connectivity index (χ2v) is 8.28. The monoisotopic (exact) mass is 416 g/mol. The van der Waals surface area contributed by atoms with Gasteiger partial charge in [-0.3, -0.25) is 4.79 Å². The number of benzene rings is 1. The molecule has 1 N–H and O–H groups in total. The summed E-state index contributed by atoms with van der Waals surface area (Å²) in [5.74, 6) is 0.981. The Bertz CT molecular complexity index is 805. The van der Waals surface area contributed by atoms with Gasteiger partial charge in [0.15, 0.2) is 0 Å². The number of para-hydroxylation sites is 1. The lowest BCUT2D eigenvalue weighted by atomic mass is 9.76. The molecular formula is C23H33BO6. The van der Waals surface area contributed by atoms with Gasteiger partial charge in [-0.1, -0.05) is 25.1 Å². The minimum absolute atomic E-state index is 0.0999. The highest BCUT2D eigenvalue weighted by atomic mass is 16.7. The Hall–Kier alpha value is -2.25. The van der Waals surface area contributed by atoms with E-state index in [0.717, 1.165) is 5.56 Å². The summed E-state index contributed by atoms with van der Waals surface area (Å²) in [6.45, 7) is 13.5. The van der Waals surface area contributed by atoms with E-state index in [-0.39, 0.29) is 18.1 Å². The molecule has 1 aromatic carbocycles. The molecule has 0 aromatic heterocycles. The minimum atomic E-state index is -0.708. The number of hydrogen-bond donors (Lipinski definition) is 1. The van der Waals surface area contributed by atoms with Crippen LogP contribution in [0.2, 0.25) is 0 Å². The number of ether oxygens (including phenoxy) is 2. The van der Waals surface area contributed by atoms with Crippen LogP contribution in [0.5, 0.6) is 5.75 Å². The van der Waals surface area contributed by atoms with Crippen molar-refractivity contribution in [3.63, 3.8) is 0 Å². The molecule has 2 rings (SSSR count). The highest BCUT2D eigenvalue weighted by Gasteiger charge is 2.52. The average molecular weight is 416 g/mol. The highest BCUT2D eigenvalue weighted by molar-refractivity contribution is 6.55. The van der Waals surface area contributed by atoms with Crippen molar-refractivity contribution in [3.05, 3.63) is 52.9 Å². The SMILES string of the molecule is CCOC(=O)Cc1ccccc1OC(=C/C(B1OC(C)(C)C(C)(C)O1)=C(\C)O)CC. The van der Waals surface area contributed by atoms with E-state index >= 15 is 0 Å². The summed E-state index contributed by atoms with van der Waals surface area (Å²) in [7, 11) is -0.708. The predicted octanol–water partition coefficient (Wildman–Crippen LogP) is 4.93. The Balaban J connectivity index is 2.29. The van der Waals surface area contributed by atoms with E-state index in [1.807, 2.05) is 58.9 Å². The van der Waals surface area contributed by atoms with E-state index in [1.165, 1.54) is 0 Å². The van der Waals surface area contributed by atoms with Crippen LogP contribution in [0, 0.1) is 0 Å². The quantitative estimate of drug-likeness (QED) is 0.280. The van der Waals surface area contributed by atoms with Crippen LogP contribution in [0.1, 0.15) is 60.5 Å². The molecule has 0 amide bonds. The summed E-state index contributed by atoms with van der Waals surface area (Å²) in [4.78, 5) is 11.9. The Morgan fingerprint density at radius 3 is 2.27 bits per heavy atom. The first-order valence-corrected chi connectivity index (χ1v) is 10.4. The molecule has 0 bridgehead atoms. The molecule has 0 aliphatic carbocycles. The van der Waals surface area contributed by atoms with Gasteiger partial charge in [-0.05, 0) is 53.7 Å². The van der Waals surface area contributed by atoms with Crippen molar-refractivity contribution in [1.82, 2.24) is 0 Å². The van der Waals surface area contributed by atoms with E-state index in [9.17, 15) is 9.90 Å². The van der Waals surface area contributed by atoms with Gasteiger partial charge in [0.05, 0.1) is 30.0 Å². The summed E-state index contributed by atoms with van der Waals surface area (Å²) in [5.41, 5.74) is 0.197. The molecule has 30 heavy (non-hydrogen) atoms. The number of aliphatic hydroxyl groups is 1. The molecule has 1 saturated heterocycles. The van der Waals surface area contributed by atoms with Crippen LogP contribution in [0.25, 0.3) is 0 Å². The fraction of sp³-hybridized carbons (Fsp3) is 0.522. The predicted molar refractivity (Wildman–Crippen MR) is 117 cm³/mol. The second kappa shape index (κ2) is 9.71. The maximum atomic E-state index is 11.9. The molecule has 0 saturated carbocycles. The standard InChI is InChI=1S/C23H33BO6/c1-8-18(28-20-13-11-10-12-17(20)14-21(26)27-9-2)15-19(16(3)25)24-29-22(4,5)23(6,7)30-24/h10-13,15,25H,8-9,14H2,1-7H3/b18-15?,19-16-. The zero-order chi connectivity index (χ0) is 22.5. The number of hydrogen-bond acceptors (Lipinski definition) is 6. The van der Waals surface area contributed by atoms with Crippen molar-refractivity contribution in [2.45, 2.75) is 72.5 Å². The third-order valence-electron chi connectivity index (χ3n) is 5.44. The fourth-order valence-electron chi connectivity index (χ4n) is 2.95. The van der Waals surface area contributed by atoms with Crippen molar-refractivity contribution < 1.29 is 28.7 Å². The molecule has 164 valence electrons. The zero-order valence-electron chi connectivity index (χ0n) is 19.1. The molecule has 7 heteroatoms. The summed E-state index contributed by atoms with van der Waals surface area (Å²) < 4.78 is 23.3. The van der Waals surface area contributed by atoms with Gasteiger partial charge >= 0.3 is 13.1 Å². The van der Waals surface area contributed by atoms with Crippen molar-refractivity contribution in [2.24, 2.45) is 0 Å². The zero-order valence-corrected chi connectivity index (χ0v) is 19.1. The molecule has 1 aliphatic rings. The van der Waals surface area contributed by atoms with Gasteiger partial charge in [0.1, 0.15) is 11.5 Å². The maximum absolute atomic E-state index is 11.9. The van der Waals surface area contributed by atoms with Crippen LogP contribution < -0.4 is 4.74 Å². The summed E-state index contributed by atoms with van der Waals surface area (Å²) in [6, 6.07) is 7.34. The molecule has 1 fully saturated rings. The van der Waals surface area contributed by atoms with Crippen molar-refractivity contribution >= 4 is 13.1 Å². The molecule has 1 heterocycles. The Labute approximate surface area is 180 Å². The van der Waals surface area contributed by atoms with E-state index in [2.05, 4.69) is 0 Å². The Morgan fingerprint density at radius 1 is 1.13 bits per heavy atom. The van der Waals surface area contributed by atoms with E-state index in [4.69, 9.17) is 18.8 Å². The second-order valence-electron chi connectivity index (χ2n) is 8.28. The first kappa shape index (κ1) is 24.0. The molecule has 0 radical (unpaired) electrons. The molecule has 1 aliphatic heterocycles. The van der Waals surface area contributed by atoms with Crippen LogP contribution in [-0.2, 0) is 25.3 Å². The lowest BCUT2D eigenvalue weighted by Gasteiger charge is -2.32. The third kappa shape index (κ3) is 5.67. The van der Waals surface area contributed by atoms with E-state index < -0.39 is 18.3 Å². The Morgan fingerprint density at radius 2 is 1.73 bits per heavy atom. The van der Waals surface area contributed by atoms with Crippen LogP contribution in [-0.4, -0.2) is 36.0 Å². The Kier molecular flexibility index (Phi) is 7.78. The normalized spacial score (nSPS) is 18.8. The van der Waals surface area contributed by atoms with Crippen molar-refractivity contribution in [3.8, 4) is 5.75 Å². The summed E-state index contributed by atoms with van der Waals surface area (Å²) in [5, 5.41) is 10.3. The number of rotatable bonds is 8. The highest BCUT2D eigenvalue weighted by Crippen LogP contribution is 2.39. The fourth-order valence-corrected chi connectivity index (χ4v) is 2.95. The van der Waals surface area contributed by atoms with Gasteiger partial charge in [-0.25, -0.2) is 0 Å². The first-order chi connectivity index (χ1) is 14.0. The van der Waals surface area contributed by atoms with Crippen LogP contribution in [0.3, 0.4) is 0 Å². The molecular weight excluding hydrogens is 383 g/mol. The number of esters is 1. The van der Waals surface area contributed by atoms with Crippen molar-refractivity contribution in [2.75, 3.05) is 6.61 Å². The van der Waals surface area contributed by atoms with E-state index in [1.54, 1.807) is 19.9 Å². The maximum Gasteiger partial charge on any atom is 0.498 e. The lowest BCUT2D eigenvalue weighted by Crippen LogP contribution is -2.41.